The Bertz CT molecular complexity index is 372. The first kappa shape index (κ1) is 11.2. The molecule has 0 aliphatic carbocycles. The Morgan fingerprint density at radius 3 is 2.40 bits per heavy atom. The van der Waals surface area contributed by atoms with Crippen LogP contribution < -0.4 is 4.74 Å². The van der Waals surface area contributed by atoms with Gasteiger partial charge in [-0.3, -0.25) is 4.79 Å². The molecular weight excluding hydrogens is 188 g/mol. The van der Waals surface area contributed by atoms with E-state index in [1.807, 2.05) is 37.3 Å². The first-order chi connectivity index (χ1) is 7.27. The van der Waals surface area contributed by atoms with Crippen molar-refractivity contribution >= 4 is 11.9 Å². The zero-order chi connectivity index (χ0) is 11.1. The van der Waals surface area contributed by atoms with Crippen molar-refractivity contribution in [3.8, 4) is 5.75 Å². The van der Waals surface area contributed by atoms with Crippen LogP contribution in [0.2, 0.25) is 0 Å². The van der Waals surface area contributed by atoms with Gasteiger partial charge < -0.3 is 4.74 Å². The van der Waals surface area contributed by atoms with Crippen LogP contribution in [-0.2, 0) is 4.79 Å². The van der Waals surface area contributed by atoms with Gasteiger partial charge in [-0.05, 0) is 36.3 Å². The zero-order valence-electron chi connectivity index (χ0n) is 8.94. The van der Waals surface area contributed by atoms with Crippen molar-refractivity contribution in [1.29, 1.82) is 0 Å². The summed E-state index contributed by atoms with van der Waals surface area (Å²) in [5.74, 6) is 0.843. The van der Waals surface area contributed by atoms with Gasteiger partial charge in [0.1, 0.15) is 12.0 Å². The van der Waals surface area contributed by atoms with Crippen LogP contribution in [0.3, 0.4) is 0 Å². The van der Waals surface area contributed by atoms with Crippen LogP contribution in [0.15, 0.2) is 42.5 Å². The predicted octanol–water partition coefficient (Wildman–Crippen LogP) is 2.85. The molecule has 0 saturated heterocycles. The number of carbonyl (C=O) groups excluding carboxylic acids is 1. The molecule has 0 aliphatic heterocycles. The van der Waals surface area contributed by atoms with Gasteiger partial charge in [0.05, 0.1) is 7.11 Å². The van der Waals surface area contributed by atoms with Crippen LogP contribution in [0.5, 0.6) is 5.75 Å². The molecule has 0 aromatic heterocycles. The summed E-state index contributed by atoms with van der Waals surface area (Å²) in [5, 5.41) is 0. The molecule has 0 N–H and O–H groups in total. The summed E-state index contributed by atoms with van der Waals surface area (Å²) in [4.78, 5) is 10.1. The average Bonchev–Trinajstić information content (AvgIpc) is 2.29. The average molecular weight is 202 g/mol. The number of hydrogen-bond donors (Lipinski definition) is 0. The summed E-state index contributed by atoms with van der Waals surface area (Å²) in [6, 6.07) is 7.80. The summed E-state index contributed by atoms with van der Waals surface area (Å²) < 4.78 is 5.07. The molecule has 0 bridgehead atoms. The number of ether oxygens (including phenoxy) is 1. The highest BCUT2D eigenvalue weighted by Crippen LogP contribution is 2.17. The number of benzene rings is 1. The molecule has 0 amide bonds. The Hall–Kier alpha value is -1.83. The molecule has 0 heterocycles. The molecule has 0 spiro atoms. The van der Waals surface area contributed by atoms with Crippen LogP contribution in [-0.4, -0.2) is 13.4 Å². The van der Waals surface area contributed by atoms with Crippen molar-refractivity contribution in [3.63, 3.8) is 0 Å². The van der Waals surface area contributed by atoms with Gasteiger partial charge in [-0.25, -0.2) is 0 Å². The van der Waals surface area contributed by atoms with Gasteiger partial charge >= 0.3 is 0 Å². The van der Waals surface area contributed by atoms with Gasteiger partial charge in [-0.2, -0.15) is 0 Å². The molecule has 1 aromatic rings. The molecular formula is C13H14O2. The van der Waals surface area contributed by atoms with Crippen molar-refractivity contribution < 1.29 is 9.53 Å². The number of methoxy groups -OCH3 is 1. The summed E-state index contributed by atoms with van der Waals surface area (Å²) in [6.45, 7) is 2.00. The van der Waals surface area contributed by atoms with Crippen molar-refractivity contribution in [2.24, 2.45) is 0 Å². The molecule has 1 rings (SSSR count). The van der Waals surface area contributed by atoms with Crippen LogP contribution in [0.25, 0.3) is 5.57 Å². The minimum Gasteiger partial charge on any atom is -0.497 e. The molecule has 0 aliphatic rings. The fourth-order valence-corrected chi connectivity index (χ4v) is 1.20. The van der Waals surface area contributed by atoms with E-state index < -0.39 is 0 Å². The van der Waals surface area contributed by atoms with E-state index in [1.54, 1.807) is 13.2 Å². The summed E-state index contributed by atoms with van der Waals surface area (Å²) in [6.07, 6.45) is 5.85. The second-order valence-electron chi connectivity index (χ2n) is 3.10. The largest absolute Gasteiger partial charge is 0.497 e. The van der Waals surface area contributed by atoms with E-state index in [2.05, 4.69) is 0 Å². The van der Waals surface area contributed by atoms with Gasteiger partial charge in [0.2, 0.25) is 0 Å². The second kappa shape index (κ2) is 5.81. The first-order valence-electron chi connectivity index (χ1n) is 4.71. The third-order valence-corrected chi connectivity index (χ3v) is 2.08. The number of hydrogen-bond acceptors (Lipinski definition) is 2. The highest BCUT2D eigenvalue weighted by atomic mass is 16.5. The molecule has 0 unspecified atom stereocenters. The molecule has 0 fully saturated rings. The van der Waals surface area contributed by atoms with Gasteiger partial charge in [0.15, 0.2) is 0 Å². The number of allylic oxidation sites excluding steroid dienone is 4. The lowest BCUT2D eigenvalue weighted by Crippen LogP contribution is -1.83. The van der Waals surface area contributed by atoms with E-state index in [9.17, 15) is 4.79 Å². The van der Waals surface area contributed by atoms with Crippen LogP contribution in [0.4, 0.5) is 0 Å². The number of carbonyl (C=O) groups is 1. The van der Waals surface area contributed by atoms with Gasteiger partial charge in [0.25, 0.3) is 0 Å². The molecule has 78 valence electrons. The van der Waals surface area contributed by atoms with E-state index in [0.29, 0.717) is 0 Å². The normalized spacial score (nSPS) is 11.7. The SMILES string of the molecule is COc1ccc(/C(C)=C/C=C/C=O)cc1. The maximum absolute atomic E-state index is 10.1. The van der Waals surface area contributed by atoms with Gasteiger partial charge in [-0.1, -0.05) is 24.3 Å². The first-order valence-corrected chi connectivity index (χ1v) is 4.71. The van der Waals surface area contributed by atoms with E-state index in [4.69, 9.17) is 4.74 Å². The second-order valence-corrected chi connectivity index (χ2v) is 3.10. The van der Waals surface area contributed by atoms with E-state index in [-0.39, 0.29) is 0 Å². The molecule has 0 atom stereocenters. The molecule has 2 nitrogen and oxygen atoms in total. The molecule has 2 heteroatoms. The van der Waals surface area contributed by atoms with Crippen molar-refractivity contribution in [1.82, 2.24) is 0 Å². The Morgan fingerprint density at radius 2 is 1.87 bits per heavy atom. The molecule has 15 heavy (non-hydrogen) atoms. The zero-order valence-corrected chi connectivity index (χ0v) is 8.94. The molecule has 1 aromatic carbocycles. The highest BCUT2D eigenvalue weighted by Gasteiger charge is 1.94. The maximum Gasteiger partial charge on any atom is 0.142 e. The Morgan fingerprint density at radius 1 is 1.20 bits per heavy atom. The van der Waals surface area contributed by atoms with Gasteiger partial charge in [0, 0.05) is 0 Å². The third-order valence-electron chi connectivity index (χ3n) is 2.08. The van der Waals surface area contributed by atoms with E-state index in [0.717, 1.165) is 23.2 Å². The monoisotopic (exact) mass is 202 g/mol. The van der Waals surface area contributed by atoms with Crippen molar-refractivity contribution in [2.45, 2.75) is 6.92 Å². The molecule has 0 radical (unpaired) electrons. The third kappa shape index (κ3) is 3.43. The lowest BCUT2D eigenvalue weighted by molar-refractivity contribution is -0.104. The summed E-state index contributed by atoms with van der Waals surface area (Å²) >= 11 is 0. The van der Waals surface area contributed by atoms with Crippen molar-refractivity contribution in [3.05, 3.63) is 48.1 Å². The smallest absolute Gasteiger partial charge is 0.142 e. The maximum atomic E-state index is 10.1. The Labute approximate surface area is 89.9 Å². The fourth-order valence-electron chi connectivity index (χ4n) is 1.20. The van der Waals surface area contributed by atoms with Crippen LogP contribution >= 0.6 is 0 Å². The number of rotatable bonds is 4. The van der Waals surface area contributed by atoms with Gasteiger partial charge in [-0.15, -0.1) is 0 Å². The Kier molecular flexibility index (Phi) is 4.35. The van der Waals surface area contributed by atoms with Crippen LogP contribution in [0, 0.1) is 0 Å². The van der Waals surface area contributed by atoms with Crippen LogP contribution in [0.1, 0.15) is 12.5 Å². The summed E-state index contributed by atoms with van der Waals surface area (Å²) in [5.41, 5.74) is 2.22. The molecule has 0 saturated carbocycles. The topological polar surface area (TPSA) is 26.3 Å². The fraction of sp³-hybridized carbons (Fsp3) is 0.154. The lowest BCUT2D eigenvalue weighted by atomic mass is 10.1. The van der Waals surface area contributed by atoms with Crippen molar-refractivity contribution in [2.75, 3.05) is 7.11 Å². The minimum absolute atomic E-state index is 0.762. The number of aldehydes is 1. The highest BCUT2D eigenvalue weighted by molar-refractivity contribution is 5.69. The van der Waals surface area contributed by atoms with E-state index in [1.165, 1.54) is 6.08 Å². The minimum atomic E-state index is 0.762. The standard InChI is InChI=1S/C13H14O2/c1-11(5-3-4-10-14)12-6-8-13(15-2)9-7-12/h3-10H,1-2H3/b4-3+,11-5+. The summed E-state index contributed by atoms with van der Waals surface area (Å²) in [7, 11) is 1.64. The predicted molar refractivity (Wildman–Crippen MR) is 61.8 cm³/mol. The quantitative estimate of drug-likeness (QED) is 0.426. The Balaban J connectivity index is 2.82. The van der Waals surface area contributed by atoms with E-state index >= 15 is 0 Å². The lowest BCUT2D eigenvalue weighted by Gasteiger charge is -2.02.